The van der Waals surface area contributed by atoms with Gasteiger partial charge < -0.3 is 5.32 Å². The normalized spacial score (nSPS) is 17.8. The predicted molar refractivity (Wildman–Crippen MR) is 85.4 cm³/mol. The van der Waals surface area contributed by atoms with Gasteiger partial charge in [0.05, 0.1) is 11.3 Å². The summed E-state index contributed by atoms with van der Waals surface area (Å²) in [5.41, 5.74) is 2.68. The average Bonchev–Trinajstić information content (AvgIpc) is 2.46. The van der Waals surface area contributed by atoms with Crippen molar-refractivity contribution in [2.24, 2.45) is 5.41 Å². The third-order valence-corrected chi connectivity index (χ3v) is 5.48. The van der Waals surface area contributed by atoms with E-state index in [0.717, 1.165) is 23.3 Å². The third-order valence-electron chi connectivity index (χ3n) is 4.29. The second-order valence-corrected chi connectivity index (χ2v) is 6.52. The number of halogens is 1. The van der Waals surface area contributed by atoms with Crippen LogP contribution in [0.4, 0.5) is 0 Å². The molecule has 1 fully saturated rings. The Morgan fingerprint density at radius 2 is 2.00 bits per heavy atom. The van der Waals surface area contributed by atoms with E-state index in [0.29, 0.717) is 5.56 Å². The smallest absolute Gasteiger partial charge is 0.253 e. The van der Waals surface area contributed by atoms with Gasteiger partial charge in [0.25, 0.3) is 5.91 Å². The monoisotopic (exact) mass is 338 g/mol. The maximum atomic E-state index is 12.3. The van der Waals surface area contributed by atoms with Gasteiger partial charge in [-0.2, -0.15) is 0 Å². The molecular formula is C16H23BrN2O. The fraction of sp³-hybridized carbons (Fsp3) is 0.625. The molecule has 0 saturated heterocycles. The number of hydrogen-bond acceptors (Lipinski definition) is 2. The zero-order chi connectivity index (χ0) is 14.6. The Morgan fingerprint density at radius 3 is 2.60 bits per heavy atom. The van der Waals surface area contributed by atoms with E-state index in [9.17, 15) is 4.79 Å². The Labute approximate surface area is 129 Å². The molecule has 1 aliphatic rings. The number of nitrogens with zero attached hydrogens (tertiary/aromatic N) is 1. The molecule has 2 rings (SSSR count). The highest BCUT2D eigenvalue weighted by molar-refractivity contribution is 9.09. The van der Waals surface area contributed by atoms with Gasteiger partial charge in [-0.25, -0.2) is 0 Å². The minimum Gasteiger partial charge on any atom is -0.351 e. The lowest BCUT2D eigenvalue weighted by molar-refractivity contribution is 0.0921. The highest BCUT2D eigenvalue weighted by atomic mass is 79.9. The molecular weight excluding hydrogens is 316 g/mol. The number of carbonyl (C=O) groups excluding carboxylic acids is 1. The van der Waals surface area contributed by atoms with Crippen LogP contribution >= 0.6 is 15.9 Å². The highest BCUT2D eigenvalue weighted by Gasteiger charge is 2.31. The fourth-order valence-electron chi connectivity index (χ4n) is 2.95. The van der Waals surface area contributed by atoms with Crippen molar-refractivity contribution < 1.29 is 4.79 Å². The van der Waals surface area contributed by atoms with Crippen molar-refractivity contribution >= 4 is 21.8 Å². The Hall–Kier alpha value is -0.900. The summed E-state index contributed by atoms with van der Waals surface area (Å²) in [6.07, 6.45) is 6.26. The Balaban J connectivity index is 2.00. The summed E-state index contributed by atoms with van der Waals surface area (Å²) in [7, 11) is 0. The molecule has 110 valence electrons. The summed E-state index contributed by atoms with van der Waals surface area (Å²) < 4.78 is 0. The molecule has 0 atom stereocenters. The molecule has 1 aromatic heterocycles. The van der Waals surface area contributed by atoms with Crippen LogP contribution in [0.2, 0.25) is 0 Å². The van der Waals surface area contributed by atoms with Gasteiger partial charge in [0.2, 0.25) is 0 Å². The first-order valence-electron chi connectivity index (χ1n) is 7.35. The highest BCUT2D eigenvalue weighted by Crippen LogP contribution is 2.37. The van der Waals surface area contributed by atoms with Gasteiger partial charge in [-0.1, -0.05) is 35.2 Å². The molecule has 1 aromatic rings. The van der Waals surface area contributed by atoms with Crippen molar-refractivity contribution in [3.05, 3.63) is 29.1 Å². The second-order valence-electron chi connectivity index (χ2n) is 5.96. The quantitative estimate of drug-likeness (QED) is 0.849. The Bertz CT molecular complexity index is 481. The Morgan fingerprint density at radius 1 is 1.30 bits per heavy atom. The second kappa shape index (κ2) is 6.70. The van der Waals surface area contributed by atoms with Gasteiger partial charge >= 0.3 is 0 Å². The number of amides is 1. The molecule has 20 heavy (non-hydrogen) atoms. The number of carbonyl (C=O) groups is 1. The van der Waals surface area contributed by atoms with Gasteiger partial charge in [0.15, 0.2) is 0 Å². The van der Waals surface area contributed by atoms with Gasteiger partial charge in [0.1, 0.15) is 0 Å². The van der Waals surface area contributed by atoms with Gasteiger partial charge in [0, 0.05) is 17.6 Å². The number of nitrogens with one attached hydrogen (secondary N) is 1. The van der Waals surface area contributed by atoms with E-state index in [-0.39, 0.29) is 11.3 Å². The van der Waals surface area contributed by atoms with Crippen LogP contribution in [0, 0.1) is 19.3 Å². The zero-order valence-corrected chi connectivity index (χ0v) is 13.9. The lowest BCUT2D eigenvalue weighted by atomic mass is 9.75. The van der Waals surface area contributed by atoms with Gasteiger partial charge in [-0.05, 0) is 44.2 Å². The minimum absolute atomic E-state index is 0.000832. The summed E-state index contributed by atoms with van der Waals surface area (Å²) in [6.45, 7) is 4.59. The van der Waals surface area contributed by atoms with Crippen molar-refractivity contribution in [3.63, 3.8) is 0 Å². The van der Waals surface area contributed by atoms with E-state index in [2.05, 4.69) is 26.2 Å². The molecule has 4 heteroatoms. The number of aromatic nitrogens is 1. The lowest BCUT2D eigenvalue weighted by Crippen LogP contribution is -2.40. The average molecular weight is 339 g/mol. The fourth-order valence-corrected chi connectivity index (χ4v) is 3.71. The topological polar surface area (TPSA) is 42.0 Å². The summed E-state index contributed by atoms with van der Waals surface area (Å²) in [5.74, 6) is 0.000832. The van der Waals surface area contributed by atoms with Crippen molar-refractivity contribution in [2.45, 2.75) is 46.0 Å². The first-order valence-corrected chi connectivity index (χ1v) is 8.47. The third kappa shape index (κ3) is 3.60. The molecule has 0 bridgehead atoms. The maximum Gasteiger partial charge on any atom is 0.253 e. The molecule has 3 nitrogen and oxygen atoms in total. The van der Waals surface area contributed by atoms with Crippen molar-refractivity contribution in [1.29, 1.82) is 0 Å². The van der Waals surface area contributed by atoms with Crippen molar-refractivity contribution in [2.75, 3.05) is 11.9 Å². The SMILES string of the molecule is Cc1ccc(C(=O)NCC2(CBr)CCCCC2)c(C)n1. The molecule has 1 amide bonds. The zero-order valence-electron chi connectivity index (χ0n) is 12.3. The van der Waals surface area contributed by atoms with Crippen LogP contribution in [0.1, 0.15) is 53.8 Å². The molecule has 1 heterocycles. The van der Waals surface area contributed by atoms with Gasteiger partial charge in [-0.3, -0.25) is 9.78 Å². The number of rotatable bonds is 4. The lowest BCUT2D eigenvalue weighted by Gasteiger charge is -2.35. The van der Waals surface area contributed by atoms with Crippen LogP contribution in [0.25, 0.3) is 0 Å². The van der Waals surface area contributed by atoms with Crippen LogP contribution in [0.3, 0.4) is 0 Å². The summed E-state index contributed by atoms with van der Waals surface area (Å²) in [5, 5.41) is 4.08. The summed E-state index contributed by atoms with van der Waals surface area (Å²) >= 11 is 3.63. The first-order chi connectivity index (χ1) is 9.56. The first kappa shape index (κ1) is 15.5. The van der Waals surface area contributed by atoms with E-state index in [1.807, 2.05) is 26.0 Å². The van der Waals surface area contributed by atoms with Crippen LogP contribution < -0.4 is 5.32 Å². The largest absolute Gasteiger partial charge is 0.351 e. The molecule has 0 unspecified atom stereocenters. The number of hydrogen-bond donors (Lipinski definition) is 1. The van der Waals surface area contributed by atoms with E-state index in [1.54, 1.807) is 0 Å². The van der Waals surface area contributed by atoms with Crippen LogP contribution in [-0.2, 0) is 0 Å². The number of aryl methyl sites for hydroxylation is 2. The molecule has 0 spiro atoms. The van der Waals surface area contributed by atoms with Crippen LogP contribution in [-0.4, -0.2) is 22.8 Å². The predicted octanol–water partition coefficient (Wildman–Crippen LogP) is 3.77. The van der Waals surface area contributed by atoms with E-state index >= 15 is 0 Å². The molecule has 1 N–H and O–H groups in total. The summed E-state index contributed by atoms with van der Waals surface area (Å²) in [4.78, 5) is 16.7. The number of alkyl halides is 1. The van der Waals surface area contributed by atoms with E-state index < -0.39 is 0 Å². The summed E-state index contributed by atoms with van der Waals surface area (Å²) in [6, 6.07) is 3.76. The maximum absolute atomic E-state index is 12.3. The molecule has 1 saturated carbocycles. The van der Waals surface area contributed by atoms with Crippen LogP contribution in [0.15, 0.2) is 12.1 Å². The minimum atomic E-state index is 0.000832. The van der Waals surface area contributed by atoms with Crippen molar-refractivity contribution in [1.82, 2.24) is 10.3 Å². The van der Waals surface area contributed by atoms with Crippen molar-refractivity contribution in [3.8, 4) is 0 Å². The van der Waals surface area contributed by atoms with Crippen LogP contribution in [0.5, 0.6) is 0 Å². The Kier molecular flexibility index (Phi) is 5.19. The standard InChI is InChI=1S/C16H23BrN2O/c1-12-6-7-14(13(2)19-12)15(20)18-11-16(10-17)8-4-3-5-9-16/h6-7H,3-5,8-11H2,1-2H3,(H,18,20). The molecule has 0 aliphatic heterocycles. The molecule has 0 radical (unpaired) electrons. The van der Waals surface area contributed by atoms with E-state index in [1.165, 1.54) is 32.1 Å². The molecule has 1 aliphatic carbocycles. The van der Waals surface area contributed by atoms with Gasteiger partial charge in [-0.15, -0.1) is 0 Å². The molecule has 0 aromatic carbocycles. The van der Waals surface area contributed by atoms with E-state index in [4.69, 9.17) is 0 Å². The number of pyridine rings is 1.